The van der Waals surface area contributed by atoms with Crippen LogP contribution in [0.1, 0.15) is 65.2 Å². The molecule has 1 aliphatic rings. The summed E-state index contributed by atoms with van der Waals surface area (Å²) >= 11 is 0. The van der Waals surface area contributed by atoms with E-state index in [0.717, 1.165) is 37.3 Å². The van der Waals surface area contributed by atoms with Crippen LogP contribution in [0.25, 0.3) is 0 Å². The van der Waals surface area contributed by atoms with Crippen molar-refractivity contribution in [3.63, 3.8) is 0 Å². The van der Waals surface area contributed by atoms with Crippen LogP contribution >= 0.6 is 0 Å². The van der Waals surface area contributed by atoms with Gasteiger partial charge in [0, 0.05) is 24.4 Å². The van der Waals surface area contributed by atoms with E-state index in [0.29, 0.717) is 18.8 Å². The summed E-state index contributed by atoms with van der Waals surface area (Å²) in [5.74, 6) is 0.965. The molecule has 0 aliphatic carbocycles. The van der Waals surface area contributed by atoms with Gasteiger partial charge in [-0.2, -0.15) is 0 Å². The Hall–Kier alpha value is -2.30. The summed E-state index contributed by atoms with van der Waals surface area (Å²) in [5.41, 5.74) is 0.992. The van der Waals surface area contributed by atoms with Crippen LogP contribution in [0.15, 0.2) is 41.3 Å². The molecule has 0 bridgehead atoms. The molecular formula is C22H32N2O3. The number of aliphatic imine (C=N–C) groups is 1. The number of hydrogen-bond donors (Lipinski definition) is 0. The molecule has 148 valence electrons. The number of carbonyl (C=O) groups is 1. The van der Waals surface area contributed by atoms with Crippen molar-refractivity contribution in [3.05, 3.63) is 36.3 Å². The van der Waals surface area contributed by atoms with Gasteiger partial charge in [-0.3, -0.25) is 4.79 Å². The molecule has 0 radical (unpaired) electrons. The number of hydrogen-bond acceptors (Lipinski definition) is 5. The minimum atomic E-state index is -0.234. The molecule has 5 nitrogen and oxygen atoms in total. The Bertz CT molecular complexity index is 640. The quantitative estimate of drug-likeness (QED) is 0.361. The van der Waals surface area contributed by atoms with Gasteiger partial charge in [-0.05, 0) is 25.0 Å². The van der Waals surface area contributed by atoms with E-state index in [-0.39, 0.29) is 5.97 Å². The van der Waals surface area contributed by atoms with Crippen molar-refractivity contribution in [2.45, 2.75) is 65.2 Å². The molecule has 1 aromatic carbocycles. The highest BCUT2D eigenvalue weighted by Gasteiger charge is 2.13. The minimum Gasteiger partial charge on any atom is -0.494 e. The van der Waals surface area contributed by atoms with Crippen LogP contribution in [0.3, 0.4) is 0 Å². The van der Waals surface area contributed by atoms with Crippen molar-refractivity contribution in [1.82, 2.24) is 0 Å². The lowest BCUT2D eigenvalue weighted by molar-refractivity contribution is -0.139. The predicted molar refractivity (Wildman–Crippen MR) is 110 cm³/mol. The van der Waals surface area contributed by atoms with Gasteiger partial charge in [0.2, 0.25) is 5.88 Å². The van der Waals surface area contributed by atoms with Crippen molar-refractivity contribution in [3.8, 4) is 5.75 Å². The van der Waals surface area contributed by atoms with E-state index in [9.17, 15) is 4.79 Å². The average molecular weight is 373 g/mol. The number of rotatable bonds is 12. The summed E-state index contributed by atoms with van der Waals surface area (Å²) in [6.07, 6.45) is 11.9. The fraction of sp³-hybridized carbons (Fsp3) is 0.545. The highest BCUT2D eigenvalue weighted by molar-refractivity contribution is 5.74. The third-order valence-corrected chi connectivity index (χ3v) is 4.38. The van der Waals surface area contributed by atoms with Gasteiger partial charge in [-0.25, -0.2) is 4.99 Å². The molecule has 0 amide bonds. The van der Waals surface area contributed by atoms with E-state index in [2.05, 4.69) is 11.9 Å². The van der Waals surface area contributed by atoms with Gasteiger partial charge in [0.25, 0.3) is 0 Å². The van der Waals surface area contributed by atoms with E-state index in [1.807, 2.05) is 36.1 Å². The zero-order chi connectivity index (χ0) is 19.3. The summed E-state index contributed by atoms with van der Waals surface area (Å²) in [5, 5.41) is 0. The summed E-state index contributed by atoms with van der Waals surface area (Å²) in [6.45, 7) is 5.65. The highest BCUT2D eigenvalue weighted by atomic mass is 16.5. The van der Waals surface area contributed by atoms with Crippen LogP contribution < -0.4 is 9.64 Å². The molecule has 0 aromatic heterocycles. The maximum absolute atomic E-state index is 11.8. The monoisotopic (exact) mass is 372 g/mol. The molecule has 0 saturated heterocycles. The second kappa shape index (κ2) is 12.2. The fourth-order valence-electron chi connectivity index (χ4n) is 2.81. The molecule has 1 aromatic rings. The van der Waals surface area contributed by atoms with Crippen LogP contribution in [0, 0.1) is 0 Å². The van der Waals surface area contributed by atoms with Crippen molar-refractivity contribution in [1.29, 1.82) is 0 Å². The lowest BCUT2D eigenvalue weighted by Gasteiger charge is -2.22. The van der Waals surface area contributed by atoms with Crippen LogP contribution in [0.5, 0.6) is 5.75 Å². The summed E-state index contributed by atoms with van der Waals surface area (Å²) in [6, 6.07) is 7.98. The van der Waals surface area contributed by atoms with E-state index in [4.69, 9.17) is 9.47 Å². The topological polar surface area (TPSA) is 51.1 Å². The van der Waals surface area contributed by atoms with E-state index in [1.165, 1.54) is 25.7 Å². The third-order valence-electron chi connectivity index (χ3n) is 4.38. The maximum atomic E-state index is 11.8. The zero-order valence-electron chi connectivity index (χ0n) is 16.7. The Balaban J connectivity index is 1.87. The first-order chi connectivity index (χ1) is 13.2. The standard InChI is InChI=1S/C22H32N2O3/c1-3-5-7-8-9-16-26-20-12-10-11-19(17-20)24-15-14-23-21(18-24)27-22(25)13-6-4-2/h10-12,14,17-18H,3-9,13,15-16H2,1-2H3. The van der Waals surface area contributed by atoms with Crippen molar-refractivity contribution in [2.24, 2.45) is 4.99 Å². The molecule has 5 heteroatoms. The first-order valence-electron chi connectivity index (χ1n) is 10.2. The van der Waals surface area contributed by atoms with Crippen LogP contribution in [0.2, 0.25) is 0 Å². The summed E-state index contributed by atoms with van der Waals surface area (Å²) in [7, 11) is 0. The number of esters is 1. The smallest absolute Gasteiger partial charge is 0.312 e. The molecule has 27 heavy (non-hydrogen) atoms. The molecule has 0 saturated carbocycles. The maximum Gasteiger partial charge on any atom is 0.312 e. The molecule has 1 aliphatic heterocycles. The number of carbonyl (C=O) groups excluding carboxylic acids is 1. The Kier molecular flexibility index (Phi) is 9.45. The van der Waals surface area contributed by atoms with Crippen molar-refractivity contribution in [2.75, 3.05) is 18.1 Å². The minimum absolute atomic E-state index is 0.234. The molecule has 1 heterocycles. The Morgan fingerprint density at radius 1 is 1.11 bits per heavy atom. The van der Waals surface area contributed by atoms with Gasteiger partial charge < -0.3 is 14.4 Å². The normalized spacial score (nSPS) is 13.4. The number of anilines is 1. The summed E-state index contributed by atoms with van der Waals surface area (Å²) in [4.78, 5) is 18.0. The molecule has 0 unspecified atom stereocenters. The molecule has 2 rings (SSSR count). The van der Waals surface area contributed by atoms with Crippen LogP contribution in [-0.2, 0) is 9.53 Å². The van der Waals surface area contributed by atoms with Gasteiger partial charge >= 0.3 is 5.97 Å². The van der Waals surface area contributed by atoms with Gasteiger partial charge in [-0.1, -0.05) is 52.0 Å². The van der Waals surface area contributed by atoms with Gasteiger partial charge in [0.1, 0.15) is 5.75 Å². The molecule has 0 atom stereocenters. The van der Waals surface area contributed by atoms with Crippen LogP contribution in [0.4, 0.5) is 5.69 Å². The molecular weight excluding hydrogens is 340 g/mol. The average Bonchev–Trinajstić information content (AvgIpc) is 2.69. The lowest BCUT2D eigenvalue weighted by Crippen LogP contribution is -2.23. The van der Waals surface area contributed by atoms with Crippen molar-refractivity contribution < 1.29 is 14.3 Å². The van der Waals surface area contributed by atoms with E-state index >= 15 is 0 Å². The Labute approximate surface area is 163 Å². The fourth-order valence-corrected chi connectivity index (χ4v) is 2.81. The second-order valence-electron chi connectivity index (χ2n) is 6.77. The van der Waals surface area contributed by atoms with Gasteiger partial charge in [-0.15, -0.1) is 0 Å². The first-order valence-corrected chi connectivity index (χ1v) is 10.2. The van der Waals surface area contributed by atoms with E-state index in [1.54, 1.807) is 12.4 Å². The summed E-state index contributed by atoms with van der Waals surface area (Å²) < 4.78 is 11.2. The van der Waals surface area contributed by atoms with Gasteiger partial charge in [0.05, 0.1) is 19.4 Å². The number of ether oxygens (including phenoxy) is 2. The second-order valence-corrected chi connectivity index (χ2v) is 6.77. The lowest BCUT2D eigenvalue weighted by atomic mass is 10.2. The molecule has 0 N–H and O–H groups in total. The molecule has 0 spiro atoms. The van der Waals surface area contributed by atoms with Crippen molar-refractivity contribution >= 4 is 17.9 Å². The van der Waals surface area contributed by atoms with Gasteiger partial charge in [0.15, 0.2) is 0 Å². The predicted octanol–water partition coefficient (Wildman–Crippen LogP) is 5.46. The third kappa shape index (κ3) is 7.85. The SMILES string of the molecule is CCCCCCCOc1cccc(N2C=C(OC(=O)CCCC)N=CC2)c1. The number of benzene rings is 1. The first kappa shape index (κ1) is 21.0. The zero-order valence-corrected chi connectivity index (χ0v) is 16.7. The number of unbranched alkanes of at least 4 members (excludes halogenated alkanes) is 5. The highest BCUT2D eigenvalue weighted by Crippen LogP contribution is 2.24. The Morgan fingerprint density at radius 2 is 1.93 bits per heavy atom. The largest absolute Gasteiger partial charge is 0.494 e. The Morgan fingerprint density at radius 3 is 2.74 bits per heavy atom. The number of nitrogens with zero attached hydrogens (tertiary/aromatic N) is 2. The van der Waals surface area contributed by atoms with Crippen LogP contribution in [-0.4, -0.2) is 25.3 Å². The van der Waals surface area contributed by atoms with E-state index < -0.39 is 0 Å². The molecule has 0 fully saturated rings.